The molecule has 6 nitrogen and oxygen atoms in total. The van der Waals surface area contributed by atoms with Gasteiger partial charge in [-0.15, -0.1) is 0 Å². The van der Waals surface area contributed by atoms with Crippen molar-refractivity contribution in [3.8, 4) is 16.9 Å². The number of fused-ring (bicyclic) bond motifs is 5. The molecule has 0 aliphatic carbocycles. The van der Waals surface area contributed by atoms with Crippen molar-refractivity contribution in [2.75, 3.05) is 13.1 Å². The standard InChI is InChI=1S/C27H24N2O4/c30-24-10-9-20-26(32)22(18-5-2-1-3-6-18)16-33-27(20)21(24)15-28-12-17-11-19(14-28)23-7-4-8-25(31)29(23)13-17/h1-10,16-17,19,30H,11-15H2/t17-,19+/m1/s1. The van der Waals surface area contributed by atoms with Crippen LogP contribution in [0.5, 0.6) is 5.75 Å². The highest BCUT2D eigenvalue weighted by Crippen LogP contribution is 2.37. The Hall–Kier alpha value is -3.64. The molecule has 4 aromatic rings. The van der Waals surface area contributed by atoms with Crippen LogP contribution in [-0.4, -0.2) is 27.7 Å². The molecule has 0 spiro atoms. The van der Waals surface area contributed by atoms with Gasteiger partial charge in [-0.3, -0.25) is 14.5 Å². The van der Waals surface area contributed by atoms with Crippen molar-refractivity contribution in [2.24, 2.45) is 5.92 Å². The topological polar surface area (TPSA) is 75.7 Å². The van der Waals surface area contributed by atoms with Gasteiger partial charge in [0.2, 0.25) is 5.43 Å². The Bertz CT molecular complexity index is 1470. The number of rotatable bonds is 3. The molecule has 0 saturated carbocycles. The van der Waals surface area contributed by atoms with Crippen LogP contribution in [0.2, 0.25) is 0 Å². The maximum Gasteiger partial charge on any atom is 0.250 e. The second-order valence-corrected chi connectivity index (χ2v) is 9.18. The molecule has 1 N–H and O–H groups in total. The summed E-state index contributed by atoms with van der Waals surface area (Å²) in [6, 6.07) is 18.2. The highest BCUT2D eigenvalue weighted by atomic mass is 16.3. The lowest BCUT2D eigenvalue weighted by molar-refractivity contribution is 0.113. The molecular formula is C27H24N2O4. The van der Waals surface area contributed by atoms with Crippen LogP contribution < -0.4 is 11.0 Å². The lowest BCUT2D eigenvalue weighted by atomic mass is 9.83. The fourth-order valence-electron chi connectivity index (χ4n) is 5.57. The summed E-state index contributed by atoms with van der Waals surface area (Å²) in [6.07, 6.45) is 2.56. The molecule has 1 saturated heterocycles. The number of phenols is 1. The van der Waals surface area contributed by atoms with Gasteiger partial charge in [-0.1, -0.05) is 36.4 Å². The van der Waals surface area contributed by atoms with E-state index in [9.17, 15) is 14.7 Å². The van der Waals surface area contributed by atoms with Crippen LogP contribution in [0.1, 0.15) is 23.6 Å². The van der Waals surface area contributed by atoms with Crippen LogP contribution in [0.3, 0.4) is 0 Å². The number of likely N-dealkylation sites (tertiary alicyclic amines) is 1. The van der Waals surface area contributed by atoms with E-state index in [1.807, 2.05) is 47.0 Å². The summed E-state index contributed by atoms with van der Waals surface area (Å²) >= 11 is 0. The van der Waals surface area contributed by atoms with E-state index in [1.54, 1.807) is 18.2 Å². The summed E-state index contributed by atoms with van der Waals surface area (Å²) in [4.78, 5) is 27.8. The number of hydrogen-bond acceptors (Lipinski definition) is 5. The Balaban J connectivity index is 1.36. The van der Waals surface area contributed by atoms with E-state index in [0.29, 0.717) is 34.6 Å². The number of benzene rings is 2. The molecule has 4 heterocycles. The largest absolute Gasteiger partial charge is 0.507 e. The fourth-order valence-corrected chi connectivity index (χ4v) is 5.57. The minimum absolute atomic E-state index is 0.0679. The predicted molar refractivity (Wildman–Crippen MR) is 126 cm³/mol. The van der Waals surface area contributed by atoms with E-state index in [-0.39, 0.29) is 22.7 Å². The van der Waals surface area contributed by atoms with Crippen molar-refractivity contribution in [3.63, 3.8) is 0 Å². The summed E-state index contributed by atoms with van der Waals surface area (Å²) < 4.78 is 7.88. The number of aromatic hydroxyl groups is 1. The van der Waals surface area contributed by atoms with Crippen molar-refractivity contribution < 1.29 is 9.52 Å². The molecule has 6 heteroatoms. The Kier molecular flexibility index (Phi) is 4.69. The summed E-state index contributed by atoms with van der Waals surface area (Å²) in [7, 11) is 0. The van der Waals surface area contributed by atoms with Crippen LogP contribution in [0.15, 0.2) is 80.9 Å². The van der Waals surface area contributed by atoms with Gasteiger partial charge in [0.15, 0.2) is 0 Å². The molecule has 2 aromatic carbocycles. The third-order valence-electron chi connectivity index (χ3n) is 7.04. The first-order chi connectivity index (χ1) is 16.1. The van der Waals surface area contributed by atoms with E-state index in [1.165, 1.54) is 6.26 Å². The lowest BCUT2D eigenvalue weighted by Gasteiger charge is -2.42. The van der Waals surface area contributed by atoms with Crippen LogP contribution >= 0.6 is 0 Å². The first-order valence-electron chi connectivity index (χ1n) is 11.3. The Morgan fingerprint density at radius 1 is 0.939 bits per heavy atom. The highest BCUT2D eigenvalue weighted by molar-refractivity contribution is 5.85. The molecule has 2 bridgehead atoms. The second kappa shape index (κ2) is 7.74. The van der Waals surface area contributed by atoms with Gasteiger partial charge in [0.1, 0.15) is 17.6 Å². The van der Waals surface area contributed by atoms with Gasteiger partial charge in [0.05, 0.1) is 16.5 Å². The fraction of sp³-hybridized carbons (Fsp3) is 0.259. The lowest BCUT2D eigenvalue weighted by Crippen LogP contribution is -2.46. The maximum absolute atomic E-state index is 13.2. The van der Waals surface area contributed by atoms with E-state index in [2.05, 4.69) is 4.90 Å². The summed E-state index contributed by atoms with van der Waals surface area (Å²) in [5, 5.41) is 11.2. The zero-order chi connectivity index (χ0) is 22.5. The van der Waals surface area contributed by atoms with Crippen molar-refractivity contribution in [3.05, 3.63) is 98.8 Å². The van der Waals surface area contributed by atoms with Gasteiger partial charge in [-0.2, -0.15) is 0 Å². The zero-order valence-corrected chi connectivity index (χ0v) is 18.1. The van der Waals surface area contributed by atoms with Crippen LogP contribution in [-0.2, 0) is 13.1 Å². The van der Waals surface area contributed by atoms with Gasteiger partial charge in [-0.05, 0) is 36.1 Å². The van der Waals surface area contributed by atoms with E-state index < -0.39 is 0 Å². The van der Waals surface area contributed by atoms with Gasteiger partial charge in [0, 0.05) is 43.9 Å². The van der Waals surface area contributed by atoms with Crippen LogP contribution in [0, 0.1) is 5.92 Å². The molecule has 1 fully saturated rings. The van der Waals surface area contributed by atoms with Crippen LogP contribution in [0.4, 0.5) is 0 Å². The Morgan fingerprint density at radius 2 is 1.79 bits per heavy atom. The number of phenolic OH excluding ortho intramolecular Hbond substituents is 1. The Morgan fingerprint density at radius 3 is 2.64 bits per heavy atom. The highest BCUT2D eigenvalue weighted by Gasteiger charge is 2.35. The molecule has 2 aliphatic rings. The SMILES string of the molecule is O=c1c(-c2ccccc2)coc2c(CN3C[C@H]4C[C@@H](C3)c3cccc(=O)n3C4)c(O)ccc12. The molecule has 166 valence electrons. The average Bonchev–Trinajstić information content (AvgIpc) is 2.82. The van der Waals surface area contributed by atoms with Gasteiger partial charge >= 0.3 is 0 Å². The monoisotopic (exact) mass is 440 g/mol. The van der Waals surface area contributed by atoms with Crippen molar-refractivity contribution in [1.29, 1.82) is 0 Å². The predicted octanol–water partition coefficient (Wildman–Crippen LogP) is 3.95. The smallest absolute Gasteiger partial charge is 0.250 e. The third kappa shape index (κ3) is 3.38. The van der Waals surface area contributed by atoms with E-state index in [4.69, 9.17) is 4.42 Å². The minimum atomic E-state index is -0.104. The molecule has 0 amide bonds. The number of aromatic nitrogens is 1. The molecule has 0 radical (unpaired) electrons. The molecule has 0 unspecified atom stereocenters. The van der Waals surface area contributed by atoms with Gasteiger partial charge in [-0.25, -0.2) is 0 Å². The Labute approximate surface area is 190 Å². The van der Waals surface area contributed by atoms with Crippen LogP contribution in [0.25, 0.3) is 22.1 Å². The number of pyridine rings is 1. The minimum Gasteiger partial charge on any atom is -0.507 e. The number of piperidine rings is 1. The van der Waals surface area contributed by atoms with E-state index >= 15 is 0 Å². The molecule has 2 aromatic heterocycles. The summed E-state index contributed by atoms with van der Waals surface area (Å²) in [6.45, 7) is 2.83. The van der Waals surface area contributed by atoms with Gasteiger partial charge < -0.3 is 14.1 Å². The molecule has 33 heavy (non-hydrogen) atoms. The average molecular weight is 440 g/mol. The van der Waals surface area contributed by atoms with Crippen molar-refractivity contribution in [1.82, 2.24) is 9.47 Å². The van der Waals surface area contributed by atoms with Crippen molar-refractivity contribution >= 4 is 11.0 Å². The normalized spacial score (nSPS) is 20.0. The first kappa shape index (κ1) is 20.0. The summed E-state index contributed by atoms with van der Waals surface area (Å²) in [5.41, 5.74) is 3.44. The van der Waals surface area contributed by atoms with E-state index in [0.717, 1.165) is 37.3 Å². The van der Waals surface area contributed by atoms with Gasteiger partial charge in [0.25, 0.3) is 5.56 Å². The molecule has 2 atom stereocenters. The number of nitrogens with zero attached hydrogens (tertiary/aromatic N) is 2. The van der Waals surface area contributed by atoms with Crippen molar-refractivity contribution in [2.45, 2.75) is 25.4 Å². The quantitative estimate of drug-likeness (QED) is 0.522. The number of hydrogen-bond donors (Lipinski definition) is 1. The molecule has 2 aliphatic heterocycles. The molecular weight excluding hydrogens is 416 g/mol. The maximum atomic E-state index is 13.2. The second-order valence-electron chi connectivity index (χ2n) is 9.18. The molecule has 6 rings (SSSR count). The first-order valence-corrected chi connectivity index (χ1v) is 11.3. The zero-order valence-electron chi connectivity index (χ0n) is 18.1. The summed E-state index contributed by atoms with van der Waals surface area (Å²) in [5.74, 6) is 0.788. The third-order valence-corrected chi connectivity index (χ3v) is 7.04.